The Balaban J connectivity index is 1.03. The standard InChI is InChI=1S/C52H65N11O6/c1-30(2)45(58-51(66)68-5)49(64)61-24-10-12-43(61)47-54-36-17-14-32(27-38(36)56-47)41-20-21-42(63(41)35-16-19-40(34(26-35)29-53)60-22-8-7-9-23-60)33-15-18-37-39(28-33)57-48(55-37)44-13-11-25-62(44)50(65)46(31(3)4)59-52(67)69-6/h14-19,26-28,30-31,41-46H,7-13,20-25H2,1-6H3,(H,54,56)(H,55,57)(H,58,66)(H,59,67)/t41-,42-,43+,44+,45+,46?/m1/s1. The van der Waals surface area contributed by atoms with Crippen LogP contribution in [0.15, 0.2) is 54.6 Å². The lowest BCUT2D eigenvalue weighted by molar-refractivity contribution is -0.136. The van der Waals surface area contributed by atoms with Gasteiger partial charge in [-0.25, -0.2) is 19.6 Å². The van der Waals surface area contributed by atoms with Crippen molar-refractivity contribution in [2.75, 3.05) is 50.2 Å². The van der Waals surface area contributed by atoms with Gasteiger partial charge in [-0.3, -0.25) is 9.59 Å². The van der Waals surface area contributed by atoms with Crippen LogP contribution in [0.4, 0.5) is 21.0 Å². The predicted octanol–water partition coefficient (Wildman–Crippen LogP) is 8.47. The number of hydrogen-bond donors (Lipinski definition) is 4. The number of likely N-dealkylation sites (tertiary alicyclic amines) is 2. The zero-order valence-electron chi connectivity index (χ0n) is 40.6. The van der Waals surface area contributed by atoms with Crippen molar-refractivity contribution in [1.82, 2.24) is 40.4 Å². The van der Waals surface area contributed by atoms with Crippen LogP contribution in [0.5, 0.6) is 0 Å². The van der Waals surface area contributed by atoms with E-state index >= 15 is 0 Å². The average Bonchev–Trinajstić information content (AvgIpc) is 4.23. The number of benzene rings is 3. The molecule has 0 aliphatic carbocycles. The van der Waals surface area contributed by atoms with Gasteiger partial charge in [-0.1, -0.05) is 39.8 Å². The molecule has 0 spiro atoms. The summed E-state index contributed by atoms with van der Waals surface area (Å²) in [6.45, 7) is 10.6. The van der Waals surface area contributed by atoms with E-state index in [1.807, 2.05) is 37.5 Å². The molecular formula is C52H65N11O6. The van der Waals surface area contributed by atoms with Gasteiger partial charge < -0.3 is 49.7 Å². The summed E-state index contributed by atoms with van der Waals surface area (Å²) in [4.78, 5) is 78.1. The molecule has 4 saturated heterocycles. The van der Waals surface area contributed by atoms with Crippen LogP contribution in [-0.4, -0.2) is 106 Å². The number of rotatable bonds is 12. The van der Waals surface area contributed by atoms with Crippen LogP contribution in [0.1, 0.15) is 138 Å². The summed E-state index contributed by atoms with van der Waals surface area (Å²) in [5.74, 6) is 0.853. The predicted molar refractivity (Wildman–Crippen MR) is 262 cm³/mol. The smallest absolute Gasteiger partial charge is 0.407 e. The van der Waals surface area contributed by atoms with Gasteiger partial charge in [0.15, 0.2) is 0 Å². The first-order chi connectivity index (χ1) is 33.4. The van der Waals surface area contributed by atoms with Crippen LogP contribution >= 0.6 is 0 Å². The molecule has 1 unspecified atom stereocenters. The Labute approximate surface area is 403 Å². The van der Waals surface area contributed by atoms with Gasteiger partial charge in [-0.2, -0.15) is 5.26 Å². The molecule has 3 aromatic carbocycles. The number of H-pyrrole nitrogens is 2. The lowest BCUT2D eigenvalue weighted by Crippen LogP contribution is -2.51. The summed E-state index contributed by atoms with van der Waals surface area (Å²) in [5, 5.41) is 16.1. The molecule has 364 valence electrons. The van der Waals surface area contributed by atoms with E-state index in [0.717, 1.165) is 121 Å². The van der Waals surface area contributed by atoms with Crippen molar-refractivity contribution >= 4 is 57.4 Å². The van der Waals surface area contributed by atoms with Crippen LogP contribution in [0.3, 0.4) is 0 Å². The van der Waals surface area contributed by atoms with E-state index in [1.54, 1.807) is 0 Å². The number of piperidine rings is 1. The largest absolute Gasteiger partial charge is 0.453 e. The fourth-order valence-corrected chi connectivity index (χ4v) is 11.2. The quantitative estimate of drug-likeness (QED) is 0.0934. The Morgan fingerprint density at radius 3 is 1.58 bits per heavy atom. The van der Waals surface area contributed by atoms with E-state index < -0.39 is 24.3 Å². The molecule has 69 heavy (non-hydrogen) atoms. The van der Waals surface area contributed by atoms with Gasteiger partial charge in [0.1, 0.15) is 29.8 Å². The Hall–Kier alpha value is -6.83. The maximum atomic E-state index is 13.9. The first-order valence-corrected chi connectivity index (χ1v) is 24.7. The average molecular weight is 940 g/mol. The maximum Gasteiger partial charge on any atom is 0.407 e. The molecular weight excluding hydrogens is 875 g/mol. The van der Waals surface area contributed by atoms with E-state index in [9.17, 15) is 24.4 Å². The van der Waals surface area contributed by atoms with E-state index in [0.29, 0.717) is 18.7 Å². The van der Waals surface area contributed by atoms with Gasteiger partial charge in [0, 0.05) is 31.9 Å². The topological polar surface area (TPSA) is 205 Å². The number of nitrogens with one attached hydrogen (secondary N) is 4. The fourth-order valence-electron chi connectivity index (χ4n) is 11.2. The number of nitriles is 1. The maximum absolute atomic E-state index is 13.9. The molecule has 6 atom stereocenters. The molecule has 9 rings (SSSR count). The van der Waals surface area contributed by atoms with Gasteiger partial charge >= 0.3 is 12.2 Å². The Bertz CT molecular complexity index is 2610. The van der Waals surface area contributed by atoms with Crippen LogP contribution in [0, 0.1) is 23.2 Å². The number of fused-ring (bicyclic) bond motifs is 2. The molecule has 0 bridgehead atoms. The van der Waals surface area contributed by atoms with Crippen molar-refractivity contribution in [2.24, 2.45) is 11.8 Å². The molecule has 0 saturated carbocycles. The number of carbonyl (C=O) groups excluding carboxylic acids is 4. The lowest BCUT2D eigenvalue weighted by Gasteiger charge is -2.35. The highest BCUT2D eigenvalue weighted by molar-refractivity contribution is 5.88. The van der Waals surface area contributed by atoms with Crippen molar-refractivity contribution in [1.29, 1.82) is 5.26 Å². The molecule has 6 heterocycles. The number of alkyl carbamates (subject to hydrolysis) is 2. The van der Waals surface area contributed by atoms with Gasteiger partial charge in [0.05, 0.1) is 71.7 Å². The number of carbonyl (C=O) groups is 4. The van der Waals surface area contributed by atoms with Crippen LogP contribution in [-0.2, 0) is 19.1 Å². The van der Waals surface area contributed by atoms with E-state index in [1.165, 1.54) is 20.6 Å². The molecule has 4 N–H and O–H groups in total. The molecule has 4 aliphatic heterocycles. The second-order valence-corrected chi connectivity index (χ2v) is 19.8. The minimum atomic E-state index is -0.726. The zero-order valence-corrected chi connectivity index (χ0v) is 40.6. The highest BCUT2D eigenvalue weighted by atomic mass is 16.5. The second-order valence-electron chi connectivity index (χ2n) is 19.8. The van der Waals surface area contributed by atoms with Crippen molar-refractivity contribution in [2.45, 2.75) is 122 Å². The number of imidazole rings is 2. The molecule has 4 fully saturated rings. The normalized spacial score (nSPS) is 21.6. The minimum Gasteiger partial charge on any atom is -0.453 e. The Morgan fingerprint density at radius 2 is 1.13 bits per heavy atom. The monoisotopic (exact) mass is 940 g/mol. The zero-order chi connectivity index (χ0) is 48.5. The number of anilines is 2. The first-order valence-electron chi connectivity index (χ1n) is 24.7. The van der Waals surface area contributed by atoms with Gasteiger partial charge in [0.25, 0.3) is 0 Å². The van der Waals surface area contributed by atoms with Gasteiger partial charge in [0.2, 0.25) is 11.8 Å². The van der Waals surface area contributed by atoms with Crippen LogP contribution in [0.25, 0.3) is 22.1 Å². The Morgan fingerprint density at radius 1 is 0.638 bits per heavy atom. The summed E-state index contributed by atoms with van der Waals surface area (Å²) < 4.78 is 9.68. The SMILES string of the molecule is COC(=O)NC(C(=O)N1CCC[C@H]1c1nc2cc([C@H]3CC[C@H](c4ccc5[nH]c([C@@H]6CCCN6C(=O)[C@@H](NC(=O)OC)C(C)C)nc5c4)N3c3ccc(N4CCCCC4)c(C#N)c3)ccc2[nH]1)C(C)C. The van der Waals surface area contributed by atoms with Crippen molar-refractivity contribution in [3.63, 3.8) is 0 Å². The summed E-state index contributed by atoms with van der Waals surface area (Å²) in [6.07, 6.45) is 6.98. The second kappa shape index (κ2) is 20.0. The Kier molecular flexibility index (Phi) is 13.7. The van der Waals surface area contributed by atoms with Crippen molar-refractivity contribution < 1.29 is 28.7 Å². The van der Waals surface area contributed by atoms with E-state index in [4.69, 9.17) is 19.4 Å². The third kappa shape index (κ3) is 9.37. The van der Waals surface area contributed by atoms with Gasteiger partial charge in [-0.05, 0) is 123 Å². The number of hydrogen-bond acceptors (Lipinski definition) is 11. The van der Waals surface area contributed by atoms with Gasteiger partial charge in [-0.15, -0.1) is 0 Å². The van der Waals surface area contributed by atoms with Crippen LogP contribution in [0.2, 0.25) is 0 Å². The molecule has 4 aliphatic rings. The summed E-state index contributed by atoms with van der Waals surface area (Å²) >= 11 is 0. The summed E-state index contributed by atoms with van der Waals surface area (Å²) in [7, 11) is 2.59. The summed E-state index contributed by atoms with van der Waals surface area (Å²) in [5.41, 5.74) is 8.16. The number of ether oxygens (including phenoxy) is 2. The highest BCUT2D eigenvalue weighted by Gasteiger charge is 2.41. The molecule has 5 aromatic rings. The number of nitrogens with zero attached hydrogens (tertiary/aromatic N) is 7. The fraction of sp³-hybridized carbons (Fsp3) is 0.519. The number of aromatic nitrogens is 4. The van der Waals surface area contributed by atoms with Crippen molar-refractivity contribution in [3.05, 3.63) is 82.9 Å². The molecule has 17 heteroatoms. The molecule has 17 nitrogen and oxygen atoms in total. The van der Waals surface area contributed by atoms with E-state index in [-0.39, 0.29) is 47.8 Å². The highest BCUT2D eigenvalue weighted by Crippen LogP contribution is 2.49. The number of methoxy groups -OCH3 is 2. The lowest BCUT2D eigenvalue weighted by atomic mass is 10.0. The minimum absolute atomic E-state index is 0.0521. The molecule has 2 aromatic heterocycles. The first kappa shape index (κ1) is 47.2. The molecule has 0 radical (unpaired) electrons. The third-order valence-electron chi connectivity index (χ3n) is 14.8. The molecule has 4 amide bonds. The van der Waals surface area contributed by atoms with E-state index in [2.05, 4.69) is 91.1 Å². The third-order valence-corrected chi connectivity index (χ3v) is 14.8. The number of amides is 4. The summed E-state index contributed by atoms with van der Waals surface area (Å²) in [6, 6.07) is 19.6. The van der Waals surface area contributed by atoms with Crippen molar-refractivity contribution in [3.8, 4) is 6.07 Å². The van der Waals surface area contributed by atoms with Crippen LogP contribution < -0.4 is 20.4 Å². The number of aromatic amines is 2.